The van der Waals surface area contributed by atoms with Crippen LogP contribution in [0.4, 0.5) is 0 Å². The lowest BCUT2D eigenvalue weighted by molar-refractivity contribution is -0.146. The summed E-state index contributed by atoms with van der Waals surface area (Å²) in [5.74, 6) is -2.32. The van der Waals surface area contributed by atoms with Crippen molar-refractivity contribution in [2.75, 3.05) is 6.16 Å². The minimum Gasteiger partial charge on any atom is -0.481 e. The van der Waals surface area contributed by atoms with Gasteiger partial charge in [-0.25, -0.2) is 4.79 Å². The molecule has 0 aliphatic heterocycles. The molecule has 2 unspecified atom stereocenters. The summed E-state index contributed by atoms with van der Waals surface area (Å²) < 4.78 is 4.86. The highest BCUT2D eigenvalue weighted by atomic mass is 31.2. The highest BCUT2D eigenvalue weighted by molar-refractivity contribution is 7.46. The largest absolute Gasteiger partial charge is 0.481 e. The minimum absolute atomic E-state index is 0.131. The standard InChI is InChI=1S/C8H15O6P/c1-2-5-15(13)14-6(8(11)12)3-4-7(9)10/h6,13H,2-5H2,1H3,(H,9,10)(H,11,12). The molecule has 6 nitrogen and oxygen atoms in total. The van der Waals surface area contributed by atoms with Crippen molar-refractivity contribution in [3.05, 3.63) is 0 Å². The molecule has 0 radical (unpaired) electrons. The van der Waals surface area contributed by atoms with Crippen LogP contribution in [0.2, 0.25) is 0 Å². The molecule has 0 rings (SSSR count). The zero-order chi connectivity index (χ0) is 11.8. The Labute approximate surface area is 88.8 Å². The maximum Gasteiger partial charge on any atom is 0.333 e. The van der Waals surface area contributed by atoms with E-state index in [0.717, 1.165) is 0 Å². The molecule has 0 spiro atoms. The first kappa shape index (κ1) is 14.3. The summed E-state index contributed by atoms with van der Waals surface area (Å²) in [4.78, 5) is 30.1. The first-order valence-corrected chi connectivity index (χ1v) is 5.95. The molecule has 0 heterocycles. The fourth-order valence-electron chi connectivity index (χ4n) is 0.867. The second kappa shape index (κ2) is 7.56. The molecule has 0 aliphatic rings. The second-order valence-electron chi connectivity index (χ2n) is 2.94. The lowest BCUT2D eigenvalue weighted by Gasteiger charge is -2.16. The molecule has 15 heavy (non-hydrogen) atoms. The molecule has 0 saturated heterocycles. The van der Waals surface area contributed by atoms with Gasteiger partial charge in [-0.3, -0.25) is 4.79 Å². The molecule has 88 valence electrons. The molecule has 0 bridgehead atoms. The second-order valence-corrected chi connectivity index (χ2v) is 4.30. The lowest BCUT2D eigenvalue weighted by Crippen LogP contribution is -2.23. The van der Waals surface area contributed by atoms with Gasteiger partial charge in [0.25, 0.3) is 0 Å². The van der Waals surface area contributed by atoms with Crippen LogP contribution in [-0.2, 0) is 14.1 Å². The van der Waals surface area contributed by atoms with E-state index in [2.05, 4.69) is 0 Å². The van der Waals surface area contributed by atoms with Crippen molar-refractivity contribution < 1.29 is 29.2 Å². The average Bonchev–Trinajstić information content (AvgIpc) is 2.11. The molecule has 0 aromatic carbocycles. The number of carbonyl (C=O) groups is 2. The molecular weight excluding hydrogens is 223 g/mol. The van der Waals surface area contributed by atoms with E-state index in [1.807, 2.05) is 6.92 Å². The van der Waals surface area contributed by atoms with Gasteiger partial charge in [-0.2, -0.15) is 0 Å². The lowest BCUT2D eigenvalue weighted by atomic mass is 10.2. The zero-order valence-electron chi connectivity index (χ0n) is 8.42. The van der Waals surface area contributed by atoms with Crippen molar-refractivity contribution in [2.24, 2.45) is 0 Å². The summed E-state index contributed by atoms with van der Waals surface area (Å²) in [5, 5.41) is 17.1. The van der Waals surface area contributed by atoms with Gasteiger partial charge in [0.05, 0.1) is 0 Å². The summed E-state index contributed by atoms with van der Waals surface area (Å²) in [6.45, 7) is 1.84. The first-order valence-electron chi connectivity index (χ1n) is 4.55. The summed E-state index contributed by atoms with van der Waals surface area (Å²) in [5.41, 5.74) is 0. The molecule has 0 saturated carbocycles. The van der Waals surface area contributed by atoms with E-state index >= 15 is 0 Å². The minimum atomic E-state index is -1.76. The predicted octanol–water partition coefficient (Wildman–Crippen LogP) is 1.04. The van der Waals surface area contributed by atoms with Crippen LogP contribution in [0.25, 0.3) is 0 Å². The Morgan fingerprint density at radius 2 is 2.00 bits per heavy atom. The van der Waals surface area contributed by atoms with Crippen molar-refractivity contribution in [3.63, 3.8) is 0 Å². The third kappa shape index (κ3) is 7.25. The van der Waals surface area contributed by atoms with Gasteiger partial charge in [-0.1, -0.05) is 6.92 Å². The Balaban J connectivity index is 4.04. The van der Waals surface area contributed by atoms with E-state index in [0.29, 0.717) is 12.6 Å². The van der Waals surface area contributed by atoms with Gasteiger partial charge in [0.15, 0.2) is 14.5 Å². The summed E-state index contributed by atoms with van der Waals surface area (Å²) in [6, 6.07) is 0. The van der Waals surface area contributed by atoms with Gasteiger partial charge >= 0.3 is 11.9 Å². The average molecular weight is 238 g/mol. The van der Waals surface area contributed by atoms with E-state index in [-0.39, 0.29) is 12.8 Å². The van der Waals surface area contributed by atoms with Gasteiger partial charge in [-0.05, 0) is 12.8 Å². The Bertz CT molecular complexity index is 219. The molecule has 2 atom stereocenters. The smallest absolute Gasteiger partial charge is 0.333 e. The van der Waals surface area contributed by atoms with Crippen molar-refractivity contribution >= 4 is 20.3 Å². The van der Waals surface area contributed by atoms with Crippen LogP contribution in [0.3, 0.4) is 0 Å². The molecule has 7 heteroatoms. The normalized spacial score (nSPS) is 14.5. The Kier molecular flexibility index (Phi) is 7.21. The van der Waals surface area contributed by atoms with Crippen LogP contribution < -0.4 is 0 Å². The van der Waals surface area contributed by atoms with Gasteiger partial charge in [-0.15, -0.1) is 0 Å². The van der Waals surface area contributed by atoms with Crippen molar-refractivity contribution in [2.45, 2.75) is 32.3 Å². The highest BCUT2D eigenvalue weighted by Gasteiger charge is 2.22. The Morgan fingerprint density at radius 3 is 2.40 bits per heavy atom. The van der Waals surface area contributed by atoms with Crippen LogP contribution >= 0.6 is 8.38 Å². The van der Waals surface area contributed by atoms with E-state index < -0.39 is 26.4 Å². The van der Waals surface area contributed by atoms with E-state index in [1.54, 1.807) is 0 Å². The summed E-state index contributed by atoms with van der Waals surface area (Å²) in [6.07, 6.45) is -0.566. The van der Waals surface area contributed by atoms with Crippen LogP contribution in [0.5, 0.6) is 0 Å². The maximum atomic E-state index is 10.6. The third-order valence-corrected chi connectivity index (χ3v) is 2.89. The Hall–Kier alpha value is -0.710. The van der Waals surface area contributed by atoms with Crippen molar-refractivity contribution in [1.82, 2.24) is 0 Å². The number of hydrogen-bond donors (Lipinski definition) is 3. The van der Waals surface area contributed by atoms with Gasteiger partial charge in [0, 0.05) is 12.6 Å². The molecular formula is C8H15O6P. The molecule has 3 N–H and O–H groups in total. The van der Waals surface area contributed by atoms with E-state index in [1.165, 1.54) is 0 Å². The van der Waals surface area contributed by atoms with E-state index in [4.69, 9.17) is 14.7 Å². The molecule has 0 aliphatic carbocycles. The summed E-state index contributed by atoms with van der Waals surface area (Å²) >= 11 is 0. The third-order valence-electron chi connectivity index (χ3n) is 1.56. The predicted molar refractivity (Wildman–Crippen MR) is 53.7 cm³/mol. The van der Waals surface area contributed by atoms with Crippen molar-refractivity contribution in [3.8, 4) is 0 Å². The number of aliphatic carboxylic acids is 2. The van der Waals surface area contributed by atoms with Gasteiger partial charge < -0.3 is 19.6 Å². The fourth-order valence-corrected chi connectivity index (χ4v) is 1.84. The number of hydrogen-bond acceptors (Lipinski definition) is 4. The number of carboxylic acids is 2. The topological polar surface area (TPSA) is 104 Å². The van der Waals surface area contributed by atoms with Gasteiger partial charge in [0.1, 0.15) is 0 Å². The fraction of sp³-hybridized carbons (Fsp3) is 0.750. The molecule has 0 aromatic rings. The summed E-state index contributed by atoms with van der Waals surface area (Å²) in [7, 11) is -1.76. The number of carboxylic acid groups (broad SMARTS) is 2. The molecule has 0 aromatic heterocycles. The molecule has 0 fully saturated rings. The van der Waals surface area contributed by atoms with Crippen LogP contribution in [0, 0.1) is 0 Å². The SMILES string of the molecule is CCCP(O)OC(CCC(=O)O)C(=O)O. The maximum absolute atomic E-state index is 10.6. The quantitative estimate of drug-likeness (QED) is 0.545. The van der Waals surface area contributed by atoms with Gasteiger partial charge in [0.2, 0.25) is 0 Å². The zero-order valence-corrected chi connectivity index (χ0v) is 9.31. The first-order chi connectivity index (χ1) is 6.97. The van der Waals surface area contributed by atoms with Crippen molar-refractivity contribution in [1.29, 1.82) is 0 Å². The highest BCUT2D eigenvalue weighted by Crippen LogP contribution is 2.34. The monoisotopic (exact) mass is 238 g/mol. The van der Waals surface area contributed by atoms with E-state index in [9.17, 15) is 14.5 Å². The van der Waals surface area contributed by atoms with Crippen LogP contribution in [0.15, 0.2) is 0 Å². The van der Waals surface area contributed by atoms with Crippen LogP contribution in [-0.4, -0.2) is 39.3 Å². The Morgan fingerprint density at radius 1 is 1.40 bits per heavy atom. The van der Waals surface area contributed by atoms with Crippen LogP contribution in [0.1, 0.15) is 26.2 Å². The molecule has 0 amide bonds. The number of rotatable bonds is 8.